The van der Waals surface area contributed by atoms with Crippen molar-refractivity contribution in [2.24, 2.45) is 5.92 Å². The molecule has 0 aromatic carbocycles. The molecule has 0 spiro atoms. The Kier molecular flexibility index (Phi) is 6.45. The van der Waals surface area contributed by atoms with Gasteiger partial charge >= 0.3 is 0 Å². The van der Waals surface area contributed by atoms with Gasteiger partial charge in [0.05, 0.1) is 12.1 Å². The van der Waals surface area contributed by atoms with Crippen LogP contribution in [-0.4, -0.2) is 30.6 Å². The van der Waals surface area contributed by atoms with E-state index in [9.17, 15) is 9.90 Å². The molecule has 0 rings (SSSR count). The zero-order valence-corrected chi connectivity index (χ0v) is 8.53. The van der Waals surface area contributed by atoms with Gasteiger partial charge in [0.2, 0.25) is 0 Å². The predicted octanol–water partition coefficient (Wildman–Crippen LogP) is 0.737. The topological polar surface area (TPSA) is 49.3 Å². The second-order valence-electron chi connectivity index (χ2n) is 3.22. The highest BCUT2D eigenvalue weighted by Gasteiger charge is 2.21. The van der Waals surface area contributed by atoms with Gasteiger partial charge < -0.3 is 15.2 Å². The molecular weight excluding hydrogens is 166 g/mol. The number of hydrogen-bond acceptors (Lipinski definition) is 3. The Morgan fingerprint density at radius 3 is 2.54 bits per heavy atom. The third-order valence-electron chi connectivity index (χ3n) is 2.17. The standard InChI is InChI=1S/C10H19NO2/c1-4-5-6-8(2)10(13)9(7-12)11-3/h4-5,7-11,13H,6H2,1-3H3/b5-4+. The molecule has 0 aliphatic carbocycles. The molecule has 3 atom stereocenters. The number of allylic oxidation sites excluding steroid dienone is 2. The van der Waals surface area contributed by atoms with Gasteiger partial charge in [-0.05, 0) is 26.3 Å². The number of hydrogen-bond donors (Lipinski definition) is 2. The molecule has 0 fully saturated rings. The summed E-state index contributed by atoms with van der Waals surface area (Å²) < 4.78 is 0. The van der Waals surface area contributed by atoms with E-state index in [1.807, 2.05) is 26.0 Å². The van der Waals surface area contributed by atoms with Crippen LogP contribution in [0.2, 0.25) is 0 Å². The zero-order valence-electron chi connectivity index (χ0n) is 8.53. The Balaban J connectivity index is 4.05. The van der Waals surface area contributed by atoms with Crippen molar-refractivity contribution in [3.63, 3.8) is 0 Å². The van der Waals surface area contributed by atoms with Crippen molar-refractivity contribution in [3.8, 4) is 0 Å². The Bertz CT molecular complexity index is 168. The number of carbonyl (C=O) groups excluding carboxylic acids is 1. The SMILES string of the molecule is C/C=C/CC(C)C(O)C(C=O)NC. The van der Waals surface area contributed by atoms with E-state index < -0.39 is 12.1 Å². The lowest BCUT2D eigenvalue weighted by atomic mass is 9.95. The summed E-state index contributed by atoms with van der Waals surface area (Å²) in [5, 5.41) is 12.4. The molecule has 0 heterocycles. The van der Waals surface area contributed by atoms with Gasteiger partial charge in [-0.1, -0.05) is 19.1 Å². The highest BCUT2D eigenvalue weighted by molar-refractivity contribution is 5.58. The molecule has 0 saturated carbocycles. The van der Waals surface area contributed by atoms with E-state index in [4.69, 9.17) is 0 Å². The van der Waals surface area contributed by atoms with Gasteiger partial charge in [0, 0.05) is 0 Å². The number of carbonyl (C=O) groups is 1. The van der Waals surface area contributed by atoms with Crippen LogP contribution in [0.4, 0.5) is 0 Å². The summed E-state index contributed by atoms with van der Waals surface area (Å²) >= 11 is 0. The fourth-order valence-corrected chi connectivity index (χ4v) is 1.16. The summed E-state index contributed by atoms with van der Waals surface area (Å²) in [5.41, 5.74) is 0. The largest absolute Gasteiger partial charge is 0.391 e. The van der Waals surface area contributed by atoms with Crippen LogP contribution in [0, 0.1) is 5.92 Å². The minimum Gasteiger partial charge on any atom is -0.391 e. The monoisotopic (exact) mass is 185 g/mol. The quantitative estimate of drug-likeness (QED) is 0.474. The maximum absolute atomic E-state index is 10.5. The summed E-state index contributed by atoms with van der Waals surface area (Å²) in [4.78, 5) is 10.5. The van der Waals surface area contributed by atoms with Gasteiger partial charge in [0.1, 0.15) is 6.29 Å². The summed E-state index contributed by atoms with van der Waals surface area (Å²) in [5.74, 6) is 0.0962. The number of rotatable bonds is 6. The van der Waals surface area contributed by atoms with E-state index in [2.05, 4.69) is 5.32 Å². The number of aldehydes is 1. The minimum absolute atomic E-state index is 0.0962. The van der Waals surface area contributed by atoms with Crippen molar-refractivity contribution in [2.45, 2.75) is 32.4 Å². The molecule has 3 heteroatoms. The molecule has 0 aliphatic heterocycles. The van der Waals surface area contributed by atoms with Crippen molar-refractivity contribution in [3.05, 3.63) is 12.2 Å². The van der Waals surface area contributed by atoms with Gasteiger partial charge in [-0.3, -0.25) is 0 Å². The van der Waals surface area contributed by atoms with Crippen molar-refractivity contribution < 1.29 is 9.90 Å². The lowest BCUT2D eigenvalue weighted by molar-refractivity contribution is -0.112. The molecule has 3 unspecified atom stereocenters. The van der Waals surface area contributed by atoms with Gasteiger partial charge in [0.25, 0.3) is 0 Å². The lowest BCUT2D eigenvalue weighted by Crippen LogP contribution is -2.42. The van der Waals surface area contributed by atoms with E-state index in [1.54, 1.807) is 7.05 Å². The Morgan fingerprint density at radius 1 is 1.54 bits per heavy atom. The van der Waals surface area contributed by atoms with E-state index in [-0.39, 0.29) is 5.92 Å². The van der Waals surface area contributed by atoms with Crippen LogP contribution in [0.1, 0.15) is 20.3 Å². The average molecular weight is 185 g/mol. The Labute approximate surface area is 79.8 Å². The number of nitrogens with one attached hydrogen (secondary N) is 1. The molecule has 13 heavy (non-hydrogen) atoms. The highest BCUT2D eigenvalue weighted by atomic mass is 16.3. The Morgan fingerprint density at radius 2 is 2.15 bits per heavy atom. The Hall–Kier alpha value is -0.670. The highest BCUT2D eigenvalue weighted by Crippen LogP contribution is 2.11. The van der Waals surface area contributed by atoms with Crippen LogP contribution < -0.4 is 5.32 Å². The smallest absolute Gasteiger partial charge is 0.139 e. The molecule has 0 amide bonds. The van der Waals surface area contributed by atoms with Crippen LogP contribution in [0.5, 0.6) is 0 Å². The zero-order chi connectivity index (χ0) is 10.3. The van der Waals surface area contributed by atoms with Crippen LogP contribution in [0.25, 0.3) is 0 Å². The fourth-order valence-electron chi connectivity index (χ4n) is 1.16. The summed E-state index contributed by atoms with van der Waals surface area (Å²) in [6.07, 6.45) is 4.86. The van der Waals surface area contributed by atoms with Crippen LogP contribution in [0.15, 0.2) is 12.2 Å². The van der Waals surface area contributed by atoms with Gasteiger partial charge in [-0.2, -0.15) is 0 Å². The first-order chi connectivity index (χ1) is 6.17. The van der Waals surface area contributed by atoms with Crippen molar-refractivity contribution in [1.29, 1.82) is 0 Å². The van der Waals surface area contributed by atoms with Gasteiger partial charge in [-0.15, -0.1) is 0 Å². The third kappa shape index (κ3) is 4.20. The first-order valence-electron chi connectivity index (χ1n) is 4.59. The summed E-state index contributed by atoms with van der Waals surface area (Å²) in [7, 11) is 1.67. The second-order valence-corrected chi connectivity index (χ2v) is 3.22. The van der Waals surface area contributed by atoms with Crippen molar-refractivity contribution >= 4 is 6.29 Å². The third-order valence-corrected chi connectivity index (χ3v) is 2.17. The number of aliphatic hydroxyl groups excluding tert-OH is 1. The molecule has 0 aromatic rings. The molecule has 76 valence electrons. The first-order valence-corrected chi connectivity index (χ1v) is 4.59. The summed E-state index contributed by atoms with van der Waals surface area (Å²) in [6, 6.07) is -0.458. The van der Waals surface area contributed by atoms with E-state index >= 15 is 0 Å². The van der Waals surface area contributed by atoms with Crippen molar-refractivity contribution in [2.75, 3.05) is 7.05 Å². The average Bonchev–Trinajstić information content (AvgIpc) is 2.15. The fraction of sp³-hybridized carbons (Fsp3) is 0.700. The maximum Gasteiger partial charge on any atom is 0.139 e. The molecule has 0 aliphatic rings. The predicted molar refractivity (Wildman–Crippen MR) is 53.5 cm³/mol. The van der Waals surface area contributed by atoms with E-state index in [0.29, 0.717) is 0 Å². The molecule has 2 N–H and O–H groups in total. The second kappa shape index (κ2) is 6.80. The minimum atomic E-state index is -0.612. The summed E-state index contributed by atoms with van der Waals surface area (Å²) in [6.45, 7) is 3.87. The molecule has 0 radical (unpaired) electrons. The first kappa shape index (κ1) is 12.3. The van der Waals surface area contributed by atoms with Crippen LogP contribution >= 0.6 is 0 Å². The molecule has 0 bridgehead atoms. The maximum atomic E-state index is 10.5. The van der Waals surface area contributed by atoms with Gasteiger partial charge in [-0.25, -0.2) is 0 Å². The normalized spacial score (nSPS) is 18.5. The molecule has 0 saturated heterocycles. The molecule has 0 aromatic heterocycles. The van der Waals surface area contributed by atoms with E-state index in [0.717, 1.165) is 12.7 Å². The molecular formula is C10H19NO2. The number of aliphatic hydroxyl groups is 1. The lowest BCUT2D eigenvalue weighted by Gasteiger charge is -2.22. The number of likely N-dealkylation sites (N-methyl/N-ethyl adjacent to an activating group) is 1. The molecule has 3 nitrogen and oxygen atoms in total. The van der Waals surface area contributed by atoms with Crippen LogP contribution in [-0.2, 0) is 4.79 Å². The van der Waals surface area contributed by atoms with E-state index in [1.165, 1.54) is 0 Å². The van der Waals surface area contributed by atoms with Crippen LogP contribution in [0.3, 0.4) is 0 Å². The van der Waals surface area contributed by atoms with Gasteiger partial charge in [0.15, 0.2) is 0 Å². The van der Waals surface area contributed by atoms with Crippen molar-refractivity contribution in [1.82, 2.24) is 5.32 Å².